The van der Waals surface area contributed by atoms with Crippen LogP contribution in [0.1, 0.15) is 13.8 Å². The highest BCUT2D eigenvalue weighted by molar-refractivity contribution is 7.80. The lowest BCUT2D eigenvalue weighted by atomic mass is 9.98. The predicted molar refractivity (Wildman–Crippen MR) is 81.0 cm³/mol. The van der Waals surface area contributed by atoms with Crippen LogP contribution >= 0.6 is 12.6 Å². The third-order valence-corrected chi connectivity index (χ3v) is 3.95. The van der Waals surface area contributed by atoms with E-state index in [0.29, 0.717) is 29.0 Å². The Morgan fingerprint density at radius 1 is 1.21 bits per heavy atom. The third kappa shape index (κ3) is 2.76. The summed E-state index contributed by atoms with van der Waals surface area (Å²) in [5.41, 5.74) is -0.375. The highest BCUT2D eigenvalue weighted by Crippen LogP contribution is 2.14. The number of thiol groups is 1. The molecule has 0 amide bonds. The van der Waals surface area contributed by atoms with E-state index in [4.69, 9.17) is 0 Å². The van der Waals surface area contributed by atoms with Crippen LogP contribution in [-0.2, 0) is 6.54 Å². The van der Waals surface area contributed by atoms with Crippen molar-refractivity contribution >= 4 is 23.4 Å². The van der Waals surface area contributed by atoms with Crippen molar-refractivity contribution < 1.29 is 0 Å². The van der Waals surface area contributed by atoms with Crippen LogP contribution < -0.4 is 11.1 Å². The number of H-pyrrole nitrogens is 1. The van der Waals surface area contributed by atoms with Crippen molar-refractivity contribution in [2.45, 2.75) is 20.4 Å². The number of nitrogens with one attached hydrogen (secondary N) is 1. The van der Waals surface area contributed by atoms with E-state index in [2.05, 4.69) is 31.6 Å². The monoisotopic (exact) mass is 278 g/mol. The largest absolute Gasteiger partial charge is 0.273 e. The first kappa shape index (κ1) is 13.9. The first-order valence-corrected chi connectivity index (χ1v) is 7.00. The van der Waals surface area contributed by atoms with Gasteiger partial charge in [-0.25, -0.2) is 4.68 Å². The van der Waals surface area contributed by atoms with Crippen molar-refractivity contribution in [1.29, 1.82) is 0 Å². The molecule has 1 atom stereocenters. The molecule has 5 heteroatoms. The van der Waals surface area contributed by atoms with Gasteiger partial charge in [0.05, 0.1) is 10.8 Å². The summed E-state index contributed by atoms with van der Waals surface area (Å²) in [5.74, 6) is 1.33. The molecular formula is C14H18N2O2S. The second kappa shape index (κ2) is 5.65. The maximum atomic E-state index is 12.3. The van der Waals surface area contributed by atoms with E-state index in [1.165, 1.54) is 4.68 Å². The minimum absolute atomic E-state index is 0.150. The van der Waals surface area contributed by atoms with Crippen molar-refractivity contribution in [3.05, 3.63) is 45.0 Å². The van der Waals surface area contributed by atoms with Gasteiger partial charge >= 0.3 is 0 Å². The van der Waals surface area contributed by atoms with E-state index in [1.54, 1.807) is 24.3 Å². The number of aromatic nitrogens is 2. The lowest BCUT2D eigenvalue weighted by Crippen LogP contribution is -2.33. The van der Waals surface area contributed by atoms with Crippen LogP contribution in [0.25, 0.3) is 10.8 Å². The van der Waals surface area contributed by atoms with Gasteiger partial charge in [0.2, 0.25) is 0 Å². The van der Waals surface area contributed by atoms with Crippen molar-refractivity contribution in [3.63, 3.8) is 0 Å². The summed E-state index contributed by atoms with van der Waals surface area (Å²) < 4.78 is 1.41. The summed E-state index contributed by atoms with van der Waals surface area (Å²) in [6.45, 7) is 4.66. The van der Waals surface area contributed by atoms with E-state index < -0.39 is 0 Å². The highest BCUT2D eigenvalue weighted by Gasteiger charge is 2.15. The maximum Gasteiger partial charge on any atom is 0.273 e. The number of hydrogen-bond acceptors (Lipinski definition) is 3. The Labute approximate surface area is 116 Å². The number of hydrogen-bond donors (Lipinski definition) is 2. The molecule has 102 valence electrons. The molecule has 1 N–H and O–H groups in total. The molecule has 2 rings (SSSR count). The van der Waals surface area contributed by atoms with E-state index in [0.717, 1.165) is 0 Å². The molecule has 0 aliphatic rings. The first-order chi connectivity index (χ1) is 9.04. The zero-order valence-electron chi connectivity index (χ0n) is 11.1. The van der Waals surface area contributed by atoms with Gasteiger partial charge in [0.15, 0.2) is 0 Å². The van der Waals surface area contributed by atoms with Crippen LogP contribution in [0.2, 0.25) is 0 Å². The topological polar surface area (TPSA) is 54.9 Å². The molecule has 0 bridgehead atoms. The van der Waals surface area contributed by atoms with Crippen LogP contribution in [0, 0.1) is 11.8 Å². The van der Waals surface area contributed by atoms with Crippen molar-refractivity contribution in [3.8, 4) is 0 Å². The Morgan fingerprint density at radius 2 is 1.84 bits per heavy atom. The van der Waals surface area contributed by atoms with Gasteiger partial charge in [0.1, 0.15) is 0 Å². The van der Waals surface area contributed by atoms with Crippen molar-refractivity contribution in [1.82, 2.24) is 9.78 Å². The molecule has 19 heavy (non-hydrogen) atoms. The van der Waals surface area contributed by atoms with Gasteiger partial charge < -0.3 is 0 Å². The molecule has 1 aromatic heterocycles. The molecule has 1 unspecified atom stereocenters. The third-order valence-electron chi connectivity index (χ3n) is 3.48. The average Bonchev–Trinajstić information content (AvgIpc) is 2.41. The first-order valence-electron chi connectivity index (χ1n) is 6.37. The van der Waals surface area contributed by atoms with Gasteiger partial charge in [-0.3, -0.25) is 14.7 Å². The fourth-order valence-corrected chi connectivity index (χ4v) is 2.63. The minimum atomic E-state index is -0.225. The Balaban J connectivity index is 2.54. The van der Waals surface area contributed by atoms with E-state index in [9.17, 15) is 9.59 Å². The molecular weight excluding hydrogens is 260 g/mol. The Kier molecular flexibility index (Phi) is 4.14. The van der Waals surface area contributed by atoms with Crippen LogP contribution in [0.5, 0.6) is 0 Å². The molecule has 0 saturated heterocycles. The van der Waals surface area contributed by atoms with Crippen LogP contribution in [0.15, 0.2) is 33.9 Å². The summed E-state index contributed by atoms with van der Waals surface area (Å²) in [5, 5.41) is 3.56. The van der Waals surface area contributed by atoms with Crippen molar-refractivity contribution in [2.75, 3.05) is 5.75 Å². The zero-order valence-corrected chi connectivity index (χ0v) is 12.0. The Bertz CT molecular complexity index is 688. The molecule has 0 fully saturated rings. The second-order valence-corrected chi connectivity index (χ2v) is 5.45. The van der Waals surface area contributed by atoms with Crippen LogP contribution in [-0.4, -0.2) is 15.5 Å². The van der Waals surface area contributed by atoms with Gasteiger partial charge in [-0.05, 0) is 29.7 Å². The summed E-state index contributed by atoms with van der Waals surface area (Å²) in [7, 11) is 0. The number of aromatic amines is 1. The quantitative estimate of drug-likeness (QED) is 0.839. The Hall–Kier alpha value is -1.49. The standard InChI is InChI=1S/C14H18N2O2S/c1-9(2)10(8-19)7-16-14(18)12-6-4-3-5-11(12)13(17)15-16/h3-6,9-10,19H,7-8H2,1-2H3,(H,15,17). The van der Waals surface area contributed by atoms with Crippen molar-refractivity contribution in [2.24, 2.45) is 11.8 Å². The lowest BCUT2D eigenvalue weighted by Gasteiger charge is -2.19. The SMILES string of the molecule is CC(C)C(CS)Cn1[nH]c(=O)c2ccccc2c1=O. The van der Waals surface area contributed by atoms with Gasteiger partial charge in [-0.2, -0.15) is 12.6 Å². The fraction of sp³-hybridized carbons (Fsp3) is 0.429. The van der Waals surface area contributed by atoms with Gasteiger partial charge in [-0.1, -0.05) is 26.0 Å². The maximum absolute atomic E-state index is 12.3. The number of rotatable bonds is 4. The van der Waals surface area contributed by atoms with E-state index >= 15 is 0 Å². The minimum Gasteiger partial charge on any atom is -0.267 e. The van der Waals surface area contributed by atoms with E-state index in [1.807, 2.05) is 0 Å². The fourth-order valence-electron chi connectivity index (χ4n) is 2.09. The number of nitrogens with zero attached hydrogens (tertiary/aromatic N) is 1. The molecule has 1 heterocycles. The molecule has 0 radical (unpaired) electrons. The summed E-state index contributed by atoms with van der Waals surface area (Å²) >= 11 is 4.31. The van der Waals surface area contributed by atoms with Gasteiger partial charge in [0.25, 0.3) is 11.1 Å². The second-order valence-electron chi connectivity index (χ2n) is 5.09. The summed E-state index contributed by atoms with van der Waals surface area (Å²) in [6, 6.07) is 6.88. The normalized spacial score (nSPS) is 13.1. The van der Waals surface area contributed by atoms with Gasteiger partial charge in [-0.15, -0.1) is 0 Å². The summed E-state index contributed by atoms with van der Waals surface area (Å²) in [6.07, 6.45) is 0. The number of fused-ring (bicyclic) bond motifs is 1. The smallest absolute Gasteiger partial charge is 0.267 e. The van der Waals surface area contributed by atoms with Crippen LogP contribution in [0.3, 0.4) is 0 Å². The highest BCUT2D eigenvalue weighted by atomic mass is 32.1. The predicted octanol–water partition coefficient (Wildman–Crippen LogP) is 1.89. The molecule has 0 aliphatic carbocycles. The lowest BCUT2D eigenvalue weighted by molar-refractivity contribution is 0.347. The molecule has 0 aliphatic heterocycles. The molecule has 1 aromatic carbocycles. The van der Waals surface area contributed by atoms with Gasteiger partial charge in [0, 0.05) is 6.54 Å². The molecule has 2 aromatic rings. The molecule has 0 saturated carbocycles. The zero-order chi connectivity index (χ0) is 14.0. The molecule has 0 spiro atoms. The average molecular weight is 278 g/mol. The van der Waals surface area contributed by atoms with Crippen LogP contribution in [0.4, 0.5) is 0 Å². The number of benzene rings is 1. The Morgan fingerprint density at radius 3 is 2.42 bits per heavy atom. The molecule has 4 nitrogen and oxygen atoms in total. The van der Waals surface area contributed by atoms with E-state index in [-0.39, 0.29) is 17.0 Å². The summed E-state index contributed by atoms with van der Waals surface area (Å²) in [4.78, 5) is 24.3.